The number of hydrogen-bond donors (Lipinski definition) is 1. The van der Waals surface area contributed by atoms with E-state index in [4.69, 9.17) is 5.73 Å². The van der Waals surface area contributed by atoms with Crippen molar-refractivity contribution in [2.45, 2.75) is 37.6 Å². The number of nitrogens with zero attached hydrogens (tertiary/aromatic N) is 3. The second kappa shape index (κ2) is 4.01. The van der Waals surface area contributed by atoms with E-state index in [9.17, 15) is 0 Å². The summed E-state index contributed by atoms with van der Waals surface area (Å²) in [6.45, 7) is 2.01. The minimum atomic E-state index is 0.299. The summed E-state index contributed by atoms with van der Waals surface area (Å²) >= 11 is 0. The lowest BCUT2D eigenvalue weighted by atomic mass is 10.1. The third kappa shape index (κ3) is 2.02. The Morgan fingerprint density at radius 3 is 2.88 bits per heavy atom. The maximum Gasteiger partial charge on any atom is 0.132 e. The van der Waals surface area contributed by atoms with Crippen molar-refractivity contribution in [3.8, 4) is 0 Å². The van der Waals surface area contributed by atoms with Gasteiger partial charge in [0.2, 0.25) is 0 Å². The van der Waals surface area contributed by atoms with Crippen molar-refractivity contribution in [1.82, 2.24) is 9.97 Å². The third-order valence-corrected chi connectivity index (χ3v) is 3.45. The van der Waals surface area contributed by atoms with Crippen LogP contribution in [-0.4, -0.2) is 29.1 Å². The molecule has 1 saturated heterocycles. The van der Waals surface area contributed by atoms with E-state index in [-0.39, 0.29) is 0 Å². The molecule has 3 rings (SSSR count). The summed E-state index contributed by atoms with van der Waals surface area (Å²) in [5, 5.41) is 0. The molecule has 1 atom stereocenters. The van der Waals surface area contributed by atoms with Crippen LogP contribution in [0, 0.1) is 0 Å². The highest BCUT2D eigenvalue weighted by molar-refractivity contribution is 5.41. The van der Waals surface area contributed by atoms with Crippen LogP contribution in [0.15, 0.2) is 12.4 Å². The van der Waals surface area contributed by atoms with Gasteiger partial charge in [-0.3, -0.25) is 0 Å². The van der Waals surface area contributed by atoms with Gasteiger partial charge in [0, 0.05) is 36.8 Å². The summed E-state index contributed by atoms with van der Waals surface area (Å²) in [6, 6.07) is 2.45. The van der Waals surface area contributed by atoms with Gasteiger partial charge in [-0.25, -0.2) is 9.97 Å². The average Bonchev–Trinajstić information content (AvgIpc) is 3.13. The Bertz CT molecular complexity index is 375. The minimum Gasteiger partial charge on any atom is -0.355 e. The predicted octanol–water partition coefficient (Wildman–Crippen LogP) is 1.28. The molecule has 2 heterocycles. The minimum absolute atomic E-state index is 0.299. The van der Waals surface area contributed by atoms with Gasteiger partial charge >= 0.3 is 0 Å². The molecule has 1 unspecified atom stereocenters. The lowest BCUT2D eigenvalue weighted by molar-refractivity contribution is 0.503. The molecule has 0 aromatic carbocycles. The zero-order valence-corrected chi connectivity index (χ0v) is 9.47. The molecule has 0 bridgehead atoms. The molecule has 1 aliphatic carbocycles. The Labute approximate surface area is 95.9 Å². The highest BCUT2D eigenvalue weighted by Gasteiger charge is 2.26. The maximum absolute atomic E-state index is 5.99. The number of piperidine rings is 1. The molecule has 0 amide bonds. The molecule has 2 aliphatic rings. The molecule has 0 radical (unpaired) electrons. The fourth-order valence-corrected chi connectivity index (χ4v) is 2.35. The molecule has 1 aromatic heterocycles. The first kappa shape index (κ1) is 10.0. The van der Waals surface area contributed by atoms with Crippen LogP contribution in [0.3, 0.4) is 0 Å². The standard InChI is InChI=1S/C12H18N4/c13-10-2-1-5-16(7-10)12-6-11(9-3-4-9)14-8-15-12/h6,8-10H,1-5,7,13H2. The van der Waals surface area contributed by atoms with Gasteiger partial charge in [-0.2, -0.15) is 0 Å². The summed E-state index contributed by atoms with van der Waals surface area (Å²) in [5.74, 6) is 1.76. The zero-order chi connectivity index (χ0) is 11.0. The van der Waals surface area contributed by atoms with Crippen molar-refractivity contribution in [1.29, 1.82) is 0 Å². The highest BCUT2D eigenvalue weighted by atomic mass is 15.2. The van der Waals surface area contributed by atoms with Crippen molar-refractivity contribution < 1.29 is 0 Å². The molecule has 1 saturated carbocycles. The molecule has 2 fully saturated rings. The lowest BCUT2D eigenvalue weighted by Crippen LogP contribution is -2.43. The lowest BCUT2D eigenvalue weighted by Gasteiger charge is -2.31. The number of nitrogens with two attached hydrogens (primary N) is 1. The third-order valence-electron chi connectivity index (χ3n) is 3.45. The first-order valence-electron chi connectivity index (χ1n) is 6.15. The van der Waals surface area contributed by atoms with Crippen LogP contribution < -0.4 is 10.6 Å². The summed E-state index contributed by atoms with van der Waals surface area (Å²) in [5.41, 5.74) is 7.20. The van der Waals surface area contributed by atoms with Crippen LogP contribution in [0.5, 0.6) is 0 Å². The van der Waals surface area contributed by atoms with E-state index in [0.29, 0.717) is 12.0 Å². The second-order valence-corrected chi connectivity index (χ2v) is 4.92. The Hall–Kier alpha value is -1.16. The summed E-state index contributed by atoms with van der Waals surface area (Å²) in [6.07, 6.45) is 6.58. The van der Waals surface area contributed by atoms with E-state index >= 15 is 0 Å². The largest absolute Gasteiger partial charge is 0.355 e. The van der Waals surface area contributed by atoms with Gasteiger partial charge in [0.15, 0.2) is 0 Å². The number of rotatable bonds is 2. The van der Waals surface area contributed by atoms with Crippen LogP contribution >= 0.6 is 0 Å². The van der Waals surface area contributed by atoms with Crippen LogP contribution in [0.25, 0.3) is 0 Å². The van der Waals surface area contributed by atoms with Gasteiger partial charge in [0.25, 0.3) is 0 Å². The average molecular weight is 218 g/mol. The maximum atomic E-state index is 5.99. The smallest absolute Gasteiger partial charge is 0.132 e. The van der Waals surface area contributed by atoms with Gasteiger partial charge in [0.05, 0.1) is 0 Å². The van der Waals surface area contributed by atoms with E-state index in [1.54, 1.807) is 6.33 Å². The molecule has 2 N–H and O–H groups in total. The molecule has 1 aliphatic heterocycles. The monoisotopic (exact) mass is 218 g/mol. The van der Waals surface area contributed by atoms with Gasteiger partial charge in [-0.15, -0.1) is 0 Å². The SMILES string of the molecule is NC1CCCN(c2cc(C3CC3)ncn2)C1. The van der Waals surface area contributed by atoms with E-state index in [1.165, 1.54) is 25.0 Å². The molecule has 4 nitrogen and oxygen atoms in total. The van der Waals surface area contributed by atoms with Crippen molar-refractivity contribution in [2.24, 2.45) is 5.73 Å². The van der Waals surface area contributed by atoms with Crippen molar-refractivity contribution in [2.75, 3.05) is 18.0 Å². The first-order chi connectivity index (χ1) is 7.83. The Balaban J connectivity index is 1.79. The molecular formula is C12H18N4. The Morgan fingerprint density at radius 1 is 1.25 bits per heavy atom. The van der Waals surface area contributed by atoms with Crippen LogP contribution in [-0.2, 0) is 0 Å². The zero-order valence-electron chi connectivity index (χ0n) is 9.47. The molecular weight excluding hydrogens is 200 g/mol. The van der Waals surface area contributed by atoms with Crippen LogP contribution in [0.2, 0.25) is 0 Å². The summed E-state index contributed by atoms with van der Waals surface area (Å²) < 4.78 is 0. The quantitative estimate of drug-likeness (QED) is 0.812. The number of aromatic nitrogens is 2. The topological polar surface area (TPSA) is 55.0 Å². The first-order valence-corrected chi connectivity index (χ1v) is 6.15. The van der Waals surface area contributed by atoms with E-state index < -0.39 is 0 Å². The van der Waals surface area contributed by atoms with Crippen LogP contribution in [0.4, 0.5) is 5.82 Å². The van der Waals surface area contributed by atoms with E-state index in [2.05, 4.69) is 20.9 Å². The van der Waals surface area contributed by atoms with Gasteiger partial charge in [-0.05, 0) is 25.7 Å². The summed E-state index contributed by atoms with van der Waals surface area (Å²) in [7, 11) is 0. The summed E-state index contributed by atoms with van der Waals surface area (Å²) in [4.78, 5) is 11.0. The highest BCUT2D eigenvalue weighted by Crippen LogP contribution is 2.39. The molecule has 0 spiro atoms. The van der Waals surface area contributed by atoms with Gasteiger partial charge in [0.1, 0.15) is 12.1 Å². The fourth-order valence-electron chi connectivity index (χ4n) is 2.35. The second-order valence-electron chi connectivity index (χ2n) is 4.92. The number of hydrogen-bond acceptors (Lipinski definition) is 4. The fraction of sp³-hybridized carbons (Fsp3) is 0.667. The molecule has 1 aromatic rings. The van der Waals surface area contributed by atoms with Gasteiger partial charge in [-0.1, -0.05) is 0 Å². The molecule has 86 valence electrons. The van der Waals surface area contributed by atoms with E-state index in [0.717, 1.165) is 25.3 Å². The van der Waals surface area contributed by atoms with Crippen molar-refractivity contribution in [3.63, 3.8) is 0 Å². The number of anilines is 1. The van der Waals surface area contributed by atoms with Crippen molar-refractivity contribution in [3.05, 3.63) is 18.1 Å². The van der Waals surface area contributed by atoms with Crippen molar-refractivity contribution >= 4 is 5.82 Å². The van der Waals surface area contributed by atoms with Gasteiger partial charge < -0.3 is 10.6 Å². The Kier molecular flexibility index (Phi) is 2.52. The Morgan fingerprint density at radius 2 is 2.12 bits per heavy atom. The van der Waals surface area contributed by atoms with Crippen LogP contribution in [0.1, 0.15) is 37.3 Å². The van der Waals surface area contributed by atoms with E-state index in [1.807, 2.05) is 0 Å². The molecule has 4 heteroatoms. The predicted molar refractivity (Wildman–Crippen MR) is 63.4 cm³/mol. The normalized spacial score (nSPS) is 25.8. The molecule has 16 heavy (non-hydrogen) atoms.